The van der Waals surface area contributed by atoms with Gasteiger partial charge in [-0.05, 0) is 30.3 Å². The molecule has 26 heavy (non-hydrogen) atoms. The van der Waals surface area contributed by atoms with E-state index in [1.165, 1.54) is 41.1 Å². The third-order valence-corrected chi connectivity index (χ3v) is 4.01. The van der Waals surface area contributed by atoms with E-state index in [1.54, 1.807) is 18.2 Å². The van der Waals surface area contributed by atoms with E-state index in [2.05, 4.69) is 5.32 Å². The van der Waals surface area contributed by atoms with Crippen LogP contribution in [0.4, 0.5) is 14.5 Å². The lowest BCUT2D eigenvalue weighted by atomic mass is 10.2. The molecule has 0 fully saturated rings. The number of nitrogens with one attached hydrogen (secondary N) is 1. The zero-order chi connectivity index (χ0) is 18.7. The number of aromatic nitrogens is 1. The summed E-state index contributed by atoms with van der Waals surface area (Å²) >= 11 is 5.69. The molecule has 7 heteroatoms. The van der Waals surface area contributed by atoms with Crippen molar-refractivity contribution in [1.82, 2.24) is 4.57 Å². The van der Waals surface area contributed by atoms with Gasteiger partial charge in [-0.25, -0.2) is 8.78 Å². The van der Waals surface area contributed by atoms with E-state index in [0.29, 0.717) is 11.3 Å². The molecule has 3 aromatic rings. The molecule has 0 saturated heterocycles. The van der Waals surface area contributed by atoms with Crippen LogP contribution < -0.4 is 10.9 Å². The van der Waals surface area contributed by atoms with Crippen LogP contribution in [0.5, 0.6) is 0 Å². The first-order valence-electron chi connectivity index (χ1n) is 7.64. The number of rotatable bonds is 4. The van der Waals surface area contributed by atoms with Crippen LogP contribution in [0.3, 0.4) is 0 Å². The first kappa shape index (κ1) is 17.8. The highest BCUT2D eigenvalue weighted by Crippen LogP contribution is 2.20. The summed E-state index contributed by atoms with van der Waals surface area (Å²) in [6, 6.07) is 12.5. The summed E-state index contributed by atoms with van der Waals surface area (Å²) < 4.78 is 28.2. The lowest BCUT2D eigenvalue weighted by Crippen LogP contribution is -2.23. The number of nitrogens with zero attached hydrogens (tertiary/aromatic N) is 1. The number of pyridine rings is 1. The number of carbonyl (C=O) groups is 1. The fraction of sp³-hybridized carbons (Fsp3) is 0.0526. The van der Waals surface area contributed by atoms with Crippen molar-refractivity contribution in [3.05, 3.63) is 98.9 Å². The van der Waals surface area contributed by atoms with E-state index < -0.39 is 17.5 Å². The third kappa shape index (κ3) is 3.97. The summed E-state index contributed by atoms with van der Waals surface area (Å²) in [5.74, 6) is -1.53. The molecule has 0 radical (unpaired) electrons. The molecule has 132 valence electrons. The summed E-state index contributed by atoms with van der Waals surface area (Å²) in [5.41, 5.74) is 0.474. The molecule has 1 amide bonds. The van der Waals surface area contributed by atoms with Crippen molar-refractivity contribution < 1.29 is 13.6 Å². The smallest absolute Gasteiger partial charge is 0.257 e. The Morgan fingerprint density at radius 1 is 1.04 bits per heavy atom. The fourth-order valence-corrected chi connectivity index (χ4v) is 2.56. The Morgan fingerprint density at radius 2 is 1.81 bits per heavy atom. The summed E-state index contributed by atoms with van der Waals surface area (Å²) in [6.07, 6.45) is 1.34. The van der Waals surface area contributed by atoms with Gasteiger partial charge in [0.05, 0.1) is 17.1 Å². The summed E-state index contributed by atoms with van der Waals surface area (Å²) in [6.45, 7) is -0.00496. The van der Waals surface area contributed by atoms with Crippen molar-refractivity contribution >= 4 is 23.2 Å². The van der Waals surface area contributed by atoms with Gasteiger partial charge in [-0.15, -0.1) is 0 Å². The van der Waals surface area contributed by atoms with Crippen LogP contribution in [-0.2, 0) is 6.54 Å². The second kappa shape index (κ2) is 7.49. The minimum absolute atomic E-state index is 0.00496. The van der Waals surface area contributed by atoms with Gasteiger partial charge in [-0.1, -0.05) is 29.8 Å². The highest BCUT2D eigenvalue weighted by molar-refractivity contribution is 6.31. The molecule has 4 nitrogen and oxygen atoms in total. The Bertz CT molecular complexity index is 1030. The third-order valence-electron chi connectivity index (χ3n) is 3.72. The zero-order valence-electron chi connectivity index (χ0n) is 13.4. The highest BCUT2D eigenvalue weighted by atomic mass is 35.5. The first-order chi connectivity index (χ1) is 12.4. The molecular formula is C19H13ClF2N2O2. The Kier molecular flexibility index (Phi) is 5.14. The summed E-state index contributed by atoms with van der Waals surface area (Å²) in [5, 5.41) is 2.45. The van der Waals surface area contributed by atoms with Crippen LogP contribution in [0.1, 0.15) is 15.9 Å². The molecule has 0 saturated carbocycles. The quantitative estimate of drug-likeness (QED) is 0.748. The van der Waals surface area contributed by atoms with E-state index in [-0.39, 0.29) is 22.7 Å². The van der Waals surface area contributed by atoms with Crippen LogP contribution in [-0.4, -0.2) is 10.5 Å². The lowest BCUT2D eigenvalue weighted by molar-refractivity contribution is 0.102. The van der Waals surface area contributed by atoms with Crippen LogP contribution in [0.15, 0.2) is 65.6 Å². The SMILES string of the molecule is O=C(Nc1ccc(F)c(Cl)c1)c1ccc(=O)n(Cc2ccccc2F)c1. The van der Waals surface area contributed by atoms with Gasteiger partial charge < -0.3 is 9.88 Å². The standard InChI is InChI=1S/C19H13ClF2N2O2/c20-15-9-14(6-7-17(15)22)23-19(26)13-5-8-18(25)24(11-13)10-12-3-1-2-4-16(12)21/h1-9,11H,10H2,(H,23,26). The summed E-state index contributed by atoms with van der Waals surface area (Å²) in [4.78, 5) is 24.4. The van der Waals surface area contributed by atoms with Gasteiger partial charge in [0, 0.05) is 23.5 Å². The molecule has 1 heterocycles. The summed E-state index contributed by atoms with van der Waals surface area (Å²) in [7, 11) is 0. The fourth-order valence-electron chi connectivity index (χ4n) is 2.38. The monoisotopic (exact) mass is 374 g/mol. The molecule has 0 aliphatic heterocycles. The van der Waals surface area contributed by atoms with Crippen LogP contribution in [0.25, 0.3) is 0 Å². The van der Waals surface area contributed by atoms with E-state index in [1.807, 2.05) is 0 Å². The number of anilines is 1. The first-order valence-corrected chi connectivity index (χ1v) is 8.02. The molecule has 3 rings (SSSR count). The highest BCUT2D eigenvalue weighted by Gasteiger charge is 2.11. The molecular weight excluding hydrogens is 362 g/mol. The molecule has 0 atom stereocenters. The minimum atomic E-state index is -0.594. The van der Waals surface area contributed by atoms with Gasteiger partial charge in [-0.3, -0.25) is 9.59 Å². The van der Waals surface area contributed by atoms with Crippen LogP contribution in [0.2, 0.25) is 5.02 Å². The van der Waals surface area contributed by atoms with Crippen LogP contribution in [0, 0.1) is 11.6 Å². The topological polar surface area (TPSA) is 51.1 Å². The van der Waals surface area contributed by atoms with Crippen LogP contribution >= 0.6 is 11.6 Å². The van der Waals surface area contributed by atoms with Gasteiger partial charge in [-0.2, -0.15) is 0 Å². The molecule has 0 aliphatic rings. The lowest BCUT2D eigenvalue weighted by Gasteiger charge is -2.10. The number of carbonyl (C=O) groups excluding carboxylic acids is 1. The number of amides is 1. The van der Waals surface area contributed by atoms with E-state index in [9.17, 15) is 18.4 Å². The largest absolute Gasteiger partial charge is 0.322 e. The average molecular weight is 375 g/mol. The second-order valence-corrected chi connectivity index (χ2v) is 5.97. The number of hydrogen-bond acceptors (Lipinski definition) is 2. The second-order valence-electron chi connectivity index (χ2n) is 5.56. The van der Waals surface area contributed by atoms with Crippen molar-refractivity contribution in [1.29, 1.82) is 0 Å². The maximum Gasteiger partial charge on any atom is 0.257 e. The number of benzene rings is 2. The molecule has 0 unspecified atom stereocenters. The Labute approximate surface area is 152 Å². The maximum absolute atomic E-state index is 13.8. The van der Waals surface area contributed by atoms with E-state index in [0.717, 1.165) is 6.07 Å². The zero-order valence-corrected chi connectivity index (χ0v) is 14.1. The van der Waals surface area contributed by atoms with Crippen molar-refractivity contribution in [2.75, 3.05) is 5.32 Å². The van der Waals surface area contributed by atoms with Gasteiger partial charge in [0.25, 0.3) is 11.5 Å². The van der Waals surface area contributed by atoms with E-state index >= 15 is 0 Å². The Balaban J connectivity index is 1.84. The van der Waals surface area contributed by atoms with Gasteiger partial charge in [0.15, 0.2) is 0 Å². The van der Waals surface area contributed by atoms with Gasteiger partial charge >= 0.3 is 0 Å². The molecule has 0 aliphatic carbocycles. The van der Waals surface area contributed by atoms with Crippen molar-refractivity contribution in [3.63, 3.8) is 0 Å². The van der Waals surface area contributed by atoms with Crippen molar-refractivity contribution in [2.24, 2.45) is 0 Å². The van der Waals surface area contributed by atoms with Crippen molar-refractivity contribution in [2.45, 2.75) is 6.54 Å². The van der Waals surface area contributed by atoms with E-state index in [4.69, 9.17) is 11.6 Å². The molecule has 0 spiro atoms. The van der Waals surface area contributed by atoms with Gasteiger partial charge in [0.2, 0.25) is 0 Å². The maximum atomic E-state index is 13.8. The molecule has 1 N–H and O–H groups in total. The Hall–Kier alpha value is -2.99. The predicted octanol–water partition coefficient (Wildman–Crippen LogP) is 4.08. The number of halogens is 3. The predicted molar refractivity (Wildman–Crippen MR) is 95.6 cm³/mol. The normalized spacial score (nSPS) is 10.6. The molecule has 0 bridgehead atoms. The number of hydrogen-bond donors (Lipinski definition) is 1. The van der Waals surface area contributed by atoms with Gasteiger partial charge in [0.1, 0.15) is 11.6 Å². The average Bonchev–Trinajstić information content (AvgIpc) is 2.62. The van der Waals surface area contributed by atoms with Crippen molar-refractivity contribution in [3.8, 4) is 0 Å². The molecule has 2 aromatic carbocycles. The molecule has 1 aromatic heterocycles. The Morgan fingerprint density at radius 3 is 2.54 bits per heavy atom. The minimum Gasteiger partial charge on any atom is -0.322 e.